The largest absolute Gasteiger partial charge is 0.494 e. The zero-order chi connectivity index (χ0) is 14.5. The molecule has 4 heteroatoms. The van der Waals surface area contributed by atoms with Gasteiger partial charge in [0.2, 0.25) is 0 Å². The zero-order valence-electron chi connectivity index (χ0n) is 11.1. The van der Waals surface area contributed by atoms with Crippen LogP contribution in [0.3, 0.4) is 0 Å². The molecule has 0 aliphatic carbocycles. The van der Waals surface area contributed by atoms with Gasteiger partial charge >= 0.3 is 0 Å². The van der Waals surface area contributed by atoms with Gasteiger partial charge in [-0.05, 0) is 36.2 Å². The number of rotatable bonds is 5. The van der Waals surface area contributed by atoms with Gasteiger partial charge in [0, 0.05) is 10.6 Å². The third kappa shape index (κ3) is 3.30. The molecule has 106 valence electrons. The van der Waals surface area contributed by atoms with Crippen molar-refractivity contribution in [2.45, 2.75) is 19.4 Å². The number of benzene rings is 2. The van der Waals surface area contributed by atoms with Crippen molar-refractivity contribution < 1.29 is 14.2 Å². The fourth-order valence-electron chi connectivity index (χ4n) is 1.90. The summed E-state index contributed by atoms with van der Waals surface area (Å²) in [6.07, 6.45) is -0.168. The molecular formula is C16H16ClFO2. The van der Waals surface area contributed by atoms with Gasteiger partial charge in [0.1, 0.15) is 17.7 Å². The van der Waals surface area contributed by atoms with Crippen molar-refractivity contribution >= 4 is 11.6 Å². The van der Waals surface area contributed by atoms with Crippen LogP contribution < -0.4 is 4.74 Å². The van der Waals surface area contributed by atoms with Crippen molar-refractivity contribution in [3.8, 4) is 5.75 Å². The second kappa shape index (κ2) is 6.73. The Kier molecular flexibility index (Phi) is 4.99. The summed E-state index contributed by atoms with van der Waals surface area (Å²) < 4.78 is 19.2. The van der Waals surface area contributed by atoms with Crippen LogP contribution in [0.5, 0.6) is 5.75 Å². The van der Waals surface area contributed by atoms with Crippen LogP contribution in [0.4, 0.5) is 4.39 Å². The topological polar surface area (TPSA) is 29.5 Å². The Bertz CT molecular complexity index is 549. The maximum atomic E-state index is 13.8. The molecule has 2 nitrogen and oxygen atoms in total. The number of ether oxygens (including phenoxy) is 1. The molecule has 0 aliphatic rings. The van der Waals surface area contributed by atoms with Crippen LogP contribution in [0.15, 0.2) is 42.5 Å². The van der Waals surface area contributed by atoms with Crippen LogP contribution in [0, 0.1) is 5.82 Å². The van der Waals surface area contributed by atoms with E-state index in [1.54, 1.807) is 30.3 Å². The molecule has 0 fully saturated rings. The van der Waals surface area contributed by atoms with E-state index in [1.807, 2.05) is 6.92 Å². The second-order valence-corrected chi connectivity index (χ2v) is 4.86. The van der Waals surface area contributed by atoms with E-state index in [0.29, 0.717) is 12.2 Å². The first-order valence-electron chi connectivity index (χ1n) is 6.48. The Morgan fingerprint density at radius 1 is 1.20 bits per heavy atom. The summed E-state index contributed by atoms with van der Waals surface area (Å²) in [4.78, 5) is 0. The molecule has 1 atom stereocenters. The molecule has 0 heterocycles. The van der Waals surface area contributed by atoms with E-state index in [1.165, 1.54) is 12.1 Å². The van der Waals surface area contributed by atoms with E-state index in [0.717, 1.165) is 12.2 Å². The Labute approximate surface area is 122 Å². The molecule has 0 saturated carbocycles. The van der Waals surface area contributed by atoms with Gasteiger partial charge in [-0.3, -0.25) is 0 Å². The lowest BCUT2D eigenvalue weighted by molar-refractivity contribution is 0.215. The van der Waals surface area contributed by atoms with Gasteiger partial charge in [-0.2, -0.15) is 0 Å². The molecule has 2 aromatic carbocycles. The van der Waals surface area contributed by atoms with Crippen LogP contribution in [0.25, 0.3) is 0 Å². The highest BCUT2D eigenvalue weighted by Crippen LogP contribution is 2.31. The van der Waals surface area contributed by atoms with Crippen molar-refractivity contribution in [1.29, 1.82) is 0 Å². The number of halogens is 2. The lowest BCUT2D eigenvalue weighted by atomic mass is 10.0. The van der Waals surface area contributed by atoms with Crippen LogP contribution in [0.2, 0.25) is 5.02 Å². The van der Waals surface area contributed by atoms with E-state index in [2.05, 4.69) is 0 Å². The summed E-state index contributed by atoms with van der Waals surface area (Å²) in [6, 6.07) is 11.3. The van der Waals surface area contributed by atoms with Gasteiger partial charge in [-0.25, -0.2) is 4.39 Å². The van der Waals surface area contributed by atoms with E-state index in [-0.39, 0.29) is 10.6 Å². The van der Waals surface area contributed by atoms with Gasteiger partial charge in [0.25, 0.3) is 0 Å². The van der Waals surface area contributed by atoms with Crippen LogP contribution in [-0.4, -0.2) is 11.7 Å². The minimum Gasteiger partial charge on any atom is -0.494 e. The quantitative estimate of drug-likeness (QED) is 0.888. The van der Waals surface area contributed by atoms with Crippen molar-refractivity contribution in [1.82, 2.24) is 0 Å². The summed E-state index contributed by atoms with van der Waals surface area (Å²) in [5, 5.41) is 10.5. The molecule has 0 aliphatic heterocycles. The minimum absolute atomic E-state index is 0.0939. The van der Waals surface area contributed by atoms with Crippen LogP contribution in [-0.2, 0) is 0 Å². The molecule has 0 spiro atoms. The lowest BCUT2D eigenvalue weighted by Crippen LogP contribution is -2.04. The van der Waals surface area contributed by atoms with Gasteiger partial charge in [0.05, 0.1) is 6.61 Å². The molecule has 1 unspecified atom stereocenters. The number of aliphatic hydroxyl groups is 1. The van der Waals surface area contributed by atoms with Crippen molar-refractivity contribution in [3.63, 3.8) is 0 Å². The molecule has 0 radical (unpaired) electrons. The third-order valence-electron chi connectivity index (χ3n) is 2.94. The van der Waals surface area contributed by atoms with E-state index >= 15 is 0 Å². The minimum atomic E-state index is -1.09. The Morgan fingerprint density at radius 2 is 1.90 bits per heavy atom. The van der Waals surface area contributed by atoms with Crippen LogP contribution >= 0.6 is 11.6 Å². The molecule has 0 bridgehead atoms. The predicted octanol–water partition coefficient (Wildman–Crippen LogP) is 4.35. The van der Waals surface area contributed by atoms with E-state index < -0.39 is 11.9 Å². The number of aliphatic hydroxyl groups excluding tert-OH is 1. The standard InChI is InChI=1S/C16H16ClFO2/c1-2-10-20-12-8-6-11(7-9-12)16(19)15-13(17)4-3-5-14(15)18/h3-9,16,19H,2,10H2,1H3. The first kappa shape index (κ1) is 14.8. The maximum Gasteiger partial charge on any atom is 0.130 e. The molecule has 2 aromatic rings. The number of hydrogen-bond acceptors (Lipinski definition) is 2. The maximum absolute atomic E-state index is 13.8. The molecule has 1 N–H and O–H groups in total. The van der Waals surface area contributed by atoms with Gasteiger partial charge in [-0.1, -0.05) is 36.7 Å². The lowest BCUT2D eigenvalue weighted by Gasteiger charge is -2.14. The monoisotopic (exact) mass is 294 g/mol. The van der Waals surface area contributed by atoms with Crippen molar-refractivity contribution in [2.75, 3.05) is 6.61 Å². The second-order valence-electron chi connectivity index (χ2n) is 4.46. The van der Waals surface area contributed by atoms with E-state index in [9.17, 15) is 9.50 Å². The zero-order valence-corrected chi connectivity index (χ0v) is 11.9. The molecule has 2 rings (SSSR count). The molecule has 20 heavy (non-hydrogen) atoms. The Balaban J connectivity index is 2.23. The third-order valence-corrected chi connectivity index (χ3v) is 3.27. The highest BCUT2D eigenvalue weighted by atomic mass is 35.5. The summed E-state index contributed by atoms with van der Waals surface area (Å²) >= 11 is 5.95. The SMILES string of the molecule is CCCOc1ccc(C(O)c2c(F)cccc2Cl)cc1. The highest BCUT2D eigenvalue weighted by Gasteiger charge is 2.18. The van der Waals surface area contributed by atoms with Crippen LogP contribution in [0.1, 0.15) is 30.6 Å². The highest BCUT2D eigenvalue weighted by molar-refractivity contribution is 6.31. The smallest absolute Gasteiger partial charge is 0.130 e. The van der Waals surface area contributed by atoms with Gasteiger partial charge in [-0.15, -0.1) is 0 Å². The van der Waals surface area contributed by atoms with Crippen molar-refractivity contribution in [3.05, 3.63) is 64.4 Å². The summed E-state index contributed by atoms with van der Waals surface area (Å²) in [6.45, 7) is 2.67. The Hall–Kier alpha value is -1.58. The molecule has 0 amide bonds. The van der Waals surface area contributed by atoms with Gasteiger partial charge < -0.3 is 9.84 Å². The summed E-state index contributed by atoms with van der Waals surface area (Å²) in [5.41, 5.74) is 0.664. The van der Waals surface area contributed by atoms with Crippen molar-refractivity contribution in [2.24, 2.45) is 0 Å². The average Bonchev–Trinajstić information content (AvgIpc) is 2.45. The average molecular weight is 295 g/mol. The number of hydrogen-bond donors (Lipinski definition) is 1. The van der Waals surface area contributed by atoms with Gasteiger partial charge in [0.15, 0.2) is 0 Å². The fraction of sp³-hybridized carbons (Fsp3) is 0.250. The predicted molar refractivity (Wildman–Crippen MR) is 77.7 cm³/mol. The molecule has 0 saturated heterocycles. The summed E-state index contributed by atoms with van der Waals surface area (Å²) in [5.74, 6) is 0.207. The normalized spacial score (nSPS) is 12.2. The fourth-order valence-corrected chi connectivity index (χ4v) is 2.17. The molecular weight excluding hydrogens is 279 g/mol. The first-order chi connectivity index (χ1) is 9.63. The molecule has 0 aromatic heterocycles. The Morgan fingerprint density at radius 3 is 2.50 bits per heavy atom. The first-order valence-corrected chi connectivity index (χ1v) is 6.86. The summed E-state index contributed by atoms with van der Waals surface area (Å²) in [7, 11) is 0. The van der Waals surface area contributed by atoms with E-state index in [4.69, 9.17) is 16.3 Å².